The SMILES string of the molecule is O=c1n(CCN2CCC[C@@H]2c2ccc3c(c2)OCCO3)nc2ccccn12. The van der Waals surface area contributed by atoms with Gasteiger partial charge in [0.15, 0.2) is 17.1 Å². The monoisotopic (exact) mass is 366 g/mol. The lowest BCUT2D eigenvalue weighted by Crippen LogP contribution is -2.31. The van der Waals surface area contributed by atoms with Gasteiger partial charge in [0, 0.05) is 18.8 Å². The van der Waals surface area contributed by atoms with Crippen LogP contribution in [0.2, 0.25) is 0 Å². The summed E-state index contributed by atoms with van der Waals surface area (Å²) in [6.45, 7) is 3.61. The maximum Gasteiger partial charge on any atom is 0.350 e. The van der Waals surface area contributed by atoms with E-state index >= 15 is 0 Å². The van der Waals surface area contributed by atoms with E-state index in [9.17, 15) is 4.79 Å². The minimum Gasteiger partial charge on any atom is -0.486 e. The van der Waals surface area contributed by atoms with E-state index in [1.807, 2.05) is 24.3 Å². The normalized spacial score (nSPS) is 19.6. The number of hydrogen-bond acceptors (Lipinski definition) is 5. The summed E-state index contributed by atoms with van der Waals surface area (Å²) in [4.78, 5) is 14.9. The van der Waals surface area contributed by atoms with Crippen molar-refractivity contribution in [2.75, 3.05) is 26.3 Å². The first-order valence-corrected chi connectivity index (χ1v) is 9.47. The highest BCUT2D eigenvalue weighted by Gasteiger charge is 2.27. The van der Waals surface area contributed by atoms with Crippen molar-refractivity contribution in [3.8, 4) is 11.5 Å². The number of ether oxygens (including phenoxy) is 2. The maximum atomic E-state index is 12.5. The topological polar surface area (TPSA) is 61.0 Å². The molecule has 1 aromatic carbocycles. The third-order valence-electron chi connectivity index (χ3n) is 5.40. The van der Waals surface area contributed by atoms with E-state index in [2.05, 4.69) is 22.1 Å². The first-order chi connectivity index (χ1) is 13.3. The molecule has 0 unspecified atom stereocenters. The van der Waals surface area contributed by atoms with E-state index in [0.717, 1.165) is 37.4 Å². The molecule has 5 rings (SSSR count). The second-order valence-corrected chi connectivity index (χ2v) is 7.03. The number of aromatic nitrogens is 3. The Balaban J connectivity index is 1.34. The van der Waals surface area contributed by atoms with Crippen molar-refractivity contribution >= 4 is 5.65 Å². The fraction of sp³-hybridized carbons (Fsp3) is 0.400. The zero-order valence-electron chi connectivity index (χ0n) is 15.1. The van der Waals surface area contributed by atoms with Crippen molar-refractivity contribution in [2.45, 2.75) is 25.4 Å². The number of benzene rings is 1. The minimum atomic E-state index is -0.0827. The molecule has 0 bridgehead atoms. The van der Waals surface area contributed by atoms with Crippen molar-refractivity contribution in [3.63, 3.8) is 0 Å². The molecule has 2 aliphatic heterocycles. The average Bonchev–Trinajstić information content (AvgIpc) is 3.31. The number of pyridine rings is 1. The van der Waals surface area contributed by atoms with Crippen LogP contribution in [0.5, 0.6) is 11.5 Å². The van der Waals surface area contributed by atoms with Crippen LogP contribution in [0, 0.1) is 0 Å². The molecule has 0 spiro atoms. The van der Waals surface area contributed by atoms with Crippen LogP contribution in [-0.2, 0) is 6.54 Å². The fourth-order valence-electron chi connectivity index (χ4n) is 4.08. The van der Waals surface area contributed by atoms with E-state index in [4.69, 9.17) is 9.47 Å². The molecule has 7 heteroatoms. The predicted octanol–water partition coefficient (Wildman–Crippen LogP) is 2.10. The van der Waals surface area contributed by atoms with Crippen LogP contribution in [0.3, 0.4) is 0 Å². The molecular weight excluding hydrogens is 344 g/mol. The molecule has 2 aliphatic rings. The van der Waals surface area contributed by atoms with Crippen LogP contribution >= 0.6 is 0 Å². The molecule has 140 valence electrons. The van der Waals surface area contributed by atoms with Gasteiger partial charge in [-0.2, -0.15) is 0 Å². The van der Waals surface area contributed by atoms with Crippen LogP contribution in [0.4, 0.5) is 0 Å². The number of fused-ring (bicyclic) bond motifs is 2. The van der Waals surface area contributed by atoms with E-state index < -0.39 is 0 Å². The quantitative estimate of drug-likeness (QED) is 0.708. The van der Waals surface area contributed by atoms with Gasteiger partial charge in [-0.3, -0.25) is 9.30 Å². The van der Waals surface area contributed by atoms with Crippen LogP contribution in [0.15, 0.2) is 47.4 Å². The smallest absolute Gasteiger partial charge is 0.350 e. The van der Waals surface area contributed by atoms with Gasteiger partial charge in [-0.25, -0.2) is 9.48 Å². The summed E-state index contributed by atoms with van der Waals surface area (Å²) in [7, 11) is 0. The third kappa shape index (κ3) is 2.98. The average molecular weight is 366 g/mol. The molecule has 3 aromatic rings. The minimum absolute atomic E-state index is 0.0827. The zero-order valence-corrected chi connectivity index (χ0v) is 15.1. The number of hydrogen-bond donors (Lipinski definition) is 0. The van der Waals surface area contributed by atoms with Crippen molar-refractivity contribution in [3.05, 3.63) is 58.6 Å². The van der Waals surface area contributed by atoms with Gasteiger partial charge < -0.3 is 9.47 Å². The van der Waals surface area contributed by atoms with Gasteiger partial charge in [-0.1, -0.05) is 12.1 Å². The van der Waals surface area contributed by atoms with Crippen molar-refractivity contribution < 1.29 is 9.47 Å². The summed E-state index contributed by atoms with van der Waals surface area (Å²) in [6.07, 6.45) is 4.02. The second kappa shape index (κ2) is 6.74. The standard InChI is InChI=1S/C20H22N4O3/c25-20-23-9-2-1-5-19(23)21-24(20)11-10-22-8-3-4-16(22)15-6-7-17-18(14-15)27-13-12-26-17/h1-2,5-7,9,14,16H,3-4,8,10-13H2/t16-/m1/s1. The maximum absolute atomic E-state index is 12.5. The Morgan fingerprint density at radius 2 is 1.96 bits per heavy atom. The summed E-state index contributed by atoms with van der Waals surface area (Å²) < 4.78 is 14.5. The molecular formula is C20H22N4O3. The van der Waals surface area contributed by atoms with E-state index in [1.165, 1.54) is 5.56 Å². The van der Waals surface area contributed by atoms with Gasteiger partial charge in [-0.15, -0.1) is 5.10 Å². The Morgan fingerprint density at radius 1 is 1.07 bits per heavy atom. The molecule has 0 amide bonds. The molecule has 4 heterocycles. The predicted molar refractivity (Wildman–Crippen MR) is 100 cm³/mol. The Labute approximate surface area is 156 Å². The molecule has 2 aromatic heterocycles. The summed E-state index contributed by atoms with van der Waals surface area (Å²) in [5.41, 5.74) is 1.85. The zero-order chi connectivity index (χ0) is 18.2. The highest BCUT2D eigenvalue weighted by molar-refractivity contribution is 5.44. The summed E-state index contributed by atoms with van der Waals surface area (Å²) in [5.74, 6) is 1.66. The molecule has 0 saturated carbocycles. The molecule has 1 atom stereocenters. The first kappa shape index (κ1) is 16.4. The molecule has 0 aliphatic carbocycles. The lowest BCUT2D eigenvalue weighted by Gasteiger charge is -2.26. The Bertz CT molecular complexity index is 1030. The van der Waals surface area contributed by atoms with Crippen LogP contribution in [0.25, 0.3) is 5.65 Å². The fourth-order valence-corrected chi connectivity index (χ4v) is 4.08. The van der Waals surface area contributed by atoms with Gasteiger partial charge >= 0.3 is 5.69 Å². The van der Waals surface area contributed by atoms with Gasteiger partial charge in [0.25, 0.3) is 0 Å². The van der Waals surface area contributed by atoms with Gasteiger partial charge in [0.2, 0.25) is 0 Å². The van der Waals surface area contributed by atoms with Crippen molar-refractivity contribution in [2.24, 2.45) is 0 Å². The Morgan fingerprint density at radius 3 is 2.85 bits per heavy atom. The van der Waals surface area contributed by atoms with Crippen molar-refractivity contribution in [1.82, 2.24) is 19.1 Å². The van der Waals surface area contributed by atoms with E-state index in [0.29, 0.717) is 31.4 Å². The van der Waals surface area contributed by atoms with Gasteiger partial charge in [0.1, 0.15) is 13.2 Å². The Kier molecular flexibility index (Phi) is 4.09. The summed E-state index contributed by atoms with van der Waals surface area (Å²) in [5, 5.41) is 4.43. The van der Waals surface area contributed by atoms with E-state index in [-0.39, 0.29) is 5.69 Å². The largest absolute Gasteiger partial charge is 0.486 e. The second-order valence-electron chi connectivity index (χ2n) is 7.03. The van der Waals surface area contributed by atoms with Crippen LogP contribution in [-0.4, -0.2) is 45.4 Å². The lowest BCUT2D eigenvalue weighted by atomic mass is 10.0. The molecule has 1 fully saturated rings. The van der Waals surface area contributed by atoms with Gasteiger partial charge in [-0.05, 0) is 49.2 Å². The lowest BCUT2D eigenvalue weighted by molar-refractivity contribution is 0.170. The molecule has 0 radical (unpaired) electrons. The summed E-state index contributed by atoms with van der Waals surface area (Å²) in [6, 6.07) is 12.2. The first-order valence-electron chi connectivity index (χ1n) is 9.47. The number of nitrogens with zero attached hydrogens (tertiary/aromatic N) is 4. The molecule has 27 heavy (non-hydrogen) atoms. The highest BCUT2D eigenvalue weighted by atomic mass is 16.6. The van der Waals surface area contributed by atoms with Gasteiger partial charge in [0.05, 0.1) is 6.54 Å². The van der Waals surface area contributed by atoms with Crippen LogP contribution in [0.1, 0.15) is 24.4 Å². The molecule has 1 saturated heterocycles. The van der Waals surface area contributed by atoms with Crippen LogP contribution < -0.4 is 15.2 Å². The number of likely N-dealkylation sites (tertiary alicyclic amines) is 1. The van der Waals surface area contributed by atoms with E-state index in [1.54, 1.807) is 15.3 Å². The molecule has 0 N–H and O–H groups in total. The molecule has 7 nitrogen and oxygen atoms in total. The van der Waals surface area contributed by atoms with Crippen molar-refractivity contribution in [1.29, 1.82) is 0 Å². The number of rotatable bonds is 4. The third-order valence-corrected chi connectivity index (χ3v) is 5.40. The summed E-state index contributed by atoms with van der Waals surface area (Å²) >= 11 is 0. The highest BCUT2D eigenvalue weighted by Crippen LogP contribution is 2.37. The Hall–Kier alpha value is -2.80.